The highest BCUT2D eigenvalue weighted by atomic mass is 32.2. The first-order chi connectivity index (χ1) is 15.2. The van der Waals surface area contributed by atoms with Gasteiger partial charge in [0, 0.05) is 22.8 Å². The lowest BCUT2D eigenvalue weighted by Crippen LogP contribution is -2.17. The van der Waals surface area contributed by atoms with E-state index in [0.29, 0.717) is 11.3 Å². The Morgan fingerprint density at radius 1 is 0.938 bits per heavy atom. The highest BCUT2D eigenvalue weighted by molar-refractivity contribution is 7.92. The monoisotopic (exact) mass is 449 g/mol. The van der Waals surface area contributed by atoms with Gasteiger partial charge in [-0.3, -0.25) is 14.5 Å². The molecule has 0 unspecified atom stereocenters. The number of aromatic nitrogens is 1. The SMILES string of the molecule is Cc1ccc(S(=O)(=O)Nc2ccc(F)cc2)cc1C(=O)Nc1ccc(C)c2ncccc12. The number of nitrogens with zero attached hydrogens (tertiary/aromatic N) is 1. The number of halogens is 1. The lowest BCUT2D eigenvalue weighted by atomic mass is 10.1. The van der Waals surface area contributed by atoms with Gasteiger partial charge in [-0.15, -0.1) is 0 Å². The smallest absolute Gasteiger partial charge is 0.261 e. The average Bonchev–Trinajstić information content (AvgIpc) is 2.77. The first kappa shape index (κ1) is 21.5. The van der Waals surface area contributed by atoms with Gasteiger partial charge in [0.25, 0.3) is 15.9 Å². The molecule has 0 radical (unpaired) electrons. The van der Waals surface area contributed by atoms with E-state index in [1.54, 1.807) is 31.3 Å². The van der Waals surface area contributed by atoms with Crippen LogP contribution in [0.1, 0.15) is 21.5 Å². The van der Waals surface area contributed by atoms with Gasteiger partial charge in [0.1, 0.15) is 5.82 Å². The third kappa shape index (κ3) is 4.31. The summed E-state index contributed by atoms with van der Waals surface area (Å²) in [4.78, 5) is 17.3. The van der Waals surface area contributed by atoms with Gasteiger partial charge in [0.2, 0.25) is 0 Å². The van der Waals surface area contributed by atoms with Crippen LogP contribution in [0.3, 0.4) is 0 Å². The summed E-state index contributed by atoms with van der Waals surface area (Å²) in [5.74, 6) is -0.906. The van der Waals surface area contributed by atoms with Crippen LogP contribution in [0.25, 0.3) is 10.9 Å². The molecule has 0 bridgehead atoms. The summed E-state index contributed by atoms with van der Waals surface area (Å²) in [6.07, 6.45) is 1.69. The molecule has 0 saturated carbocycles. The van der Waals surface area contributed by atoms with Crippen molar-refractivity contribution in [2.75, 3.05) is 10.0 Å². The highest BCUT2D eigenvalue weighted by Gasteiger charge is 2.19. The molecule has 0 saturated heterocycles. The standard InChI is InChI=1S/C24H20FN3O3S/c1-15-5-11-19(32(30,31)28-18-9-7-17(25)8-10-18)14-21(15)24(29)27-22-12-6-16(2)23-20(22)4-3-13-26-23/h3-14,28H,1-2H3,(H,27,29). The molecule has 1 aromatic heterocycles. The van der Waals surface area contributed by atoms with Crippen LogP contribution in [0.2, 0.25) is 0 Å². The van der Waals surface area contributed by atoms with Crippen LogP contribution in [0.4, 0.5) is 15.8 Å². The van der Waals surface area contributed by atoms with E-state index < -0.39 is 21.7 Å². The summed E-state index contributed by atoms with van der Waals surface area (Å²) in [5, 5.41) is 3.66. The topological polar surface area (TPSA) is 88.2 Å². The van der Waals surface area contributed by atoms with Gasteiger partial charge in [-0.25, -0.2) is 12.8 Å². The number of anilines is 2. The Kier molecular flexibility index (Phi) is 5.63. The minimum absolute atomic E-state index is 0.0759. The number of hydrogen-bond acceptors (Lipinski definition) is 4. The Bertz CT molecular complexity index is 1440. The number of aryl methyl sites for hydroxylation is 2. The molecule has 0 aliphatic carbocycles. The molecule has 0 fully saturated rings. The van der Waals surface area contributed by atoms with Crippen LogP contribution in [0.5, 0.6) is 0 Å². The maximum Gasteiger partial charge on any atom is 0.261 e. The van der Waals surface area contributed by atoms with Gasteiger partial charge in [0.05, 0.1) is 16.1 Å². The Morgan fingerprint density at radius 3 is 2.41 bits per heavy atom. The highest BCUT2D eigenvalue weighted by Crippen LogP contribution is 2.26. The fraction of sp³-hybridized carbons (Fsp3) is 0.0833. The van der Waals surface area contributed by atoms with Crippen LogP contribution in [0.15, 0.2) is 77.8 Å². The summed E-state index contributed by atoms with van der Waals surface area (Å²) >= 11 is 0. The van der Waals surface area contributed by atoms with Gasteiger partial charge in [-0.1, -0.05) is 12.1 Å². The summed E-state index contributed by atoms with van der Waals surface area (Å²) in [5.41, 5.74) is 3.41. The molecular weight excluding hydrogens is 429 g/mol. The van der Waals surface area contributed by atoms with Crippen LogP contribution >= 0.6 is 0 Å². The molecule has 1 heterocycles. The summed E-state index contributed by atoms with van der Waals surface area (Å²) in [7, 11) is -3.97. The molecule has 2 N–H and O–H groups in total. The maximum absolute atomic E-state index is 13.1. The molecule has 3 aromatic carbocycles. The molecule has 0 aliphatic rings. The van der Waals surface area contributed by atoms with Crippen molar-refractivity contribution in [3.8, 4) is 0 Å². The third-order valence-corrected chi connectivity index (χ3v) is 6.46. The van der Waals surface area contributed by atoms with Crippen molar-refractivity contribution in [3.63, 3.8) is 0 Å². The number of carbonyl (C=O) groups excluding carboxylic acids is 1. The average molecular weight is 450 g/mol. The molecule has 0 atom stereocenters. The zero-order valence-corrected chi connectivity index (χ0v) is 18.2. The molecule has 0 spiro atoms. The quantitative estimate of drug-likeness (QED) is 0.447. The van der Waals surface area contributed by atoms with E-state index in [0.717, 1.165) is 28.6 Å². The zero-order chi connectivity index (χ0) is 22.9. The molecule has 4 rings (SSSR count). The molecule has 1 amide bonds. The lowest BCUT2D eigenvalue weighted by Gasteiger charge is -2.13. The van der Waals surface area contributed by atoms with E-state index in [4.69, 9.17) is 0 Å². The predicted molar refractivity (Wildman–Crippen MR) is 123 cm³/mol. The molecule has 4 aromatic rings. The van der Waals surface area contributed by atoms with E-state index >= 15 is 0 Å². The number of pyridine rings is 1. The van der Waals surface area contributed by atoms with Crippen molar-refractivity contribution in [2.24, 2.45) is 0 Å². The summed E-state index contributed by atoms with van der Waals surface area (Å²) < 4.78 is 41.1. The predicted octanol–water partition coefficient (Wildman–Crippen LogP) is 5.04. The molecule has 0 aliphatic heterocycles. The van der Waals surface area contributed by atoms with Gasteiger partial charge < -0.3 is 5.32 Å². The number of nitrogens with one attached hydrogen (secondary N) is 2. The minimum atomic E-state index is -3.97. The second kappa shape index (κ2) is 8.39. The fourth-order valence-electron chi connectivity index (χ4n) is 3.36. The van der Waals surface area contributed by atoms with Crippen molar-refractivity contribution >= 4 is 38.2 Å². The lowest BCUT2D eigenvalue weighted by molar-refractivity contribution is 0.102. The van der Waals surface area contributed by atoms with E-state index in [9.17, 15) is 17.6 Å². The fourth-order valence-corrected chi connectivity index (χ4v) is 4.44. The van der Waals surface area contributed by atoms with E-state index in [1.807, 2.05) is 19.1 Å². The van der Waals surface area contributed by atoms with Crippen molar-refractivity contribution in [3.05, 3.63) is 95.4 Å². The second-order valence-corrected chi connectivity index (χ2v) is 9.06. The van der Waals surface area contributed by atoms with Gasteiger partial charge >= 0.3 is 0 Å². The number of benzene rings is 3. The Labute approximate surface area is 185 Å². The molecule has 32 heavy (non-hydrogen) atoms. The molecule has 6 nitrogen and oxygen atoms in total. The van der Waals surface area contributed by atoms with Crippen molar-refractivity contribution in [1.82, 2.24) is 4.98 Å². The normalized spacial score (nSPS) is 11.3. The number of sulfonamides is 1. The van der Waals surface area contributed by atoms with Gasteiger partial charge in [-0.05, 0) is 79.6 Å². The first-order valence-electron chi connectivity index (χ1n) is 9.79. The van der Waals surface area contributed by atoms with Gasteiger partial charge in [0.15, 0.2) is 0 Å². The number of fused-ring (bicyclic) bond motifs is 1. The Hall–Kier alpha value is -3.78. The van der Waals surface area contributed by atoms with Crippen molar-refractivity contribution < 1.29 is 17.6 Å². The summed E-state index contributed by atoms with van der Waals surface area (Å²) in [6, 6.07) is 16.6. The van der Waals surface area contributed by atoms with E-state index in [1.165, 1.54) is 24.3 Å². The van der Waals surface area contributed by atoms with E-state index in [2.05, 4.69) is 15.0 Å². The van der Waals surface area contributed by atoms with Crippen LogP contribution in [-0.4, -0.2) is 19.3 Å². The minimum Gasteiger partial charge on any atom is -0.321 e. The number of rotatable bonds is 5. The first-order valence-corrected chi connectivity index (χ1v) is 11.3. The van der Waals surface area contributed by atoms with Crippen molar-refractivity contribution in [2.45, 2.75) is 18.7 Å². The largest absolute Gasteiger partial charge is 0.321 e. The molecule has 162 valence electrons. The third-order valence-electron chi connectivity index (χ3n) is 5.08. The number of amides is 1. The molecular formula is C24H20FN3O3S. The second-order valence-electron chi connectivity index (χ2n) is 7.37. The molecule has 8 heteroatoms. The summed E-state index contributed by atoms with van der Waals surface area (Å²) in [6.45, 7) is 3.67. The number of carbonyl (C=O) groups is 1. The number of hydrogen-bond donors (Lipinski definition) is 2. The zero-order valence-electron chi connectivity index (χ0n) is 17.4. The van der Waals surface area contributed by atoms with Crippen LogP contribution in [0, 0.1) is 19.7 Å². The van der Waals surface area contributed by atoms with E-state index in [-0.39, 0.29) is 16.1 Å². The Morgan fingerprint density at radius 2 is 1.66 bits per heavy atom. The van der Waals surface area contributed by atoms with Crippen LogP contribution < -0.4 is 10.0 Å². The Balaban J connectivity index is 1.65. The maximum atomic E-state index is 13.1. The van der Waals surface area contributed by atoms with Crippen LogP contribution in [-0.2, 0) is 10.0 Å². The van der Waals surface area contributed by atoms with Gasteiger partial charge in [-0.2, -0.15) is 0 Å². The van der Waals surface area contributed by atoms with Crippen molar-refractivity contribution in [1.29, 1.82) is 0 Å².